The highest BCUT2D eigenvalue weighted by molar-refractivity contribution is 7.07. The van der Waals surface area contributed by atoms with E-state index in [1.807, 2.05) is 41.8 Å². The van der Waals surface area contributed by atoms with E-state index in [1.165, 1.54) is 11.3 Å². The van der Waals surface area contributed by atoms with Crippen LogP contribution in [0.1, 0.15) is 5.56 Å². The fourth-order valence-corrected chi connectivity index (χ4v) is 2.79. The van der Waals surface area contributed by atoms with Crippen LogP contribution in [0.5, 0.6) is 5.75 Å². The number of benzene rings is 1. The van der Waals surface area contributed by atoms with Crippen molar-refractivity contribution < 1.29 is 9.15 Å². The zero-order chi connectivity index (χ0) is 15.4. The van der Waals surface area contributed by atoms with Gasteiger partial charge in [0.2, 0.25) is 4.80 Å². The van der Waals surface area contributed by atoms with Gasteiger partial charge in [-0.05, 0) is 29.8 Å². The van der Waals surface area contributed by atoms with E-state index in [0.717, 1.165) is 27.6 Å². The summed E-state index contributed by atoms with van der Waals surface area (Å²) < 4.78 is 12.4. The predicted octanol–water partition coefficient (Wildman–Crippen LogP) is 3.23. The highest BCUT2D eigenvalue weighted by Gasteiger charge is 2.09. The minimum atomic E-state index is 0.758. The second-order valence-electron chi connectivity index (χ2n) is 4.44. The molecule has 1 aromatic carbocycles. The van der Waals surface area contributed by atoms with E-state index in [2.05, 4.69) is 10.1 Å². The zero-order valence-electron chi connectivity index (χ0n) is 12.3. The summed E-state index contributed by atoms with van der Waals surface area (Å²) in [5.41, 5.74) is 1.82. The van der Waals surface area contributed by atoms with Gasteiger partial charge in [-0.15, -0.1) is 11.3 Å². The molecule has 0 N–H and O–H groups in total. The standard InChI is InChI=1S/C16H15N3O2S/c1-17-16-19(14(11-22-16)15-7-4-8-21-15)18-10-12-5-3-6-13(9-12)20-2/h3-11H,1-2H3. The molecule has 0 atom stereocenters. The topological polar surface area (TPSA) is 52.0 Å². The smallest absolute Gasteiger partial charge is 0.206 e. The summed E-state index contributed by atoms with van der Waals surface area (Å²) in [6, 6.07) is 11.5. The number of nitrogens with zero attached hydrogens (tertiary/aromatic N) is 3. The third-order valence-electron chi connectivity index (χ3n) is 3.07. The molecule has 6 heteroatoms. The molecule has 2 heterocycles. The maximum Gasteiger partial charge on any atom is 0.206 e. The first kappa shape index (κ1) is 14.3. The Hall–Kier alpha value is -2.60. The molecule has 0 aliphatic heterocycles. The van der Waals surface area contributed by atoms with Crippen LogP contribution in [0, 0.1) is 0 Å². The van der Waals surface area contributed by atoms with Crippen molar-refractivity contribution in [3.8, 4) is 17.2 Å². The van der Waals surface area contributed by atoms with Crippen molar-refractivity contribution in [3.05, 3.63) is 58.4 Å². The molecule has 0 radical (unpaired) electrons. The van der Waals surface area contributed by atoms with Crippen molar-refractivity contribution in [1.82, 2.24) is 4.68 Å². The fraction of sp³-hybridized carbons (Fsp3) is 0.125. The van der Waals surface area contributed by atoms with Crippen LogP contribution in [-0.4, -0.2) is 25.0 Å². The maximum atomic E-state index is 5.46. The lowest BCUT2D eigenvalue weighted by molar-refractivity contribution is 0.414. The second kappa shape index (κ2) is 6.44. The first-order valence-electron chi connectivity index (χ1n) is 6.67. The van der Waals surface area contributed by atoms with Crippen molar-refractivity contribution in [2.45, 2.75) is 0 Å². The lowest BCUT2D eigenvalue weighted by Crippen LogP contribution is -2.11. The Morgan fingerprint density at radius 2 is 2.18 bits per heavy atom. The normalized spacial score (nSPS) is 12.2. The first-order valence-corrected chi connectivity index (χ1v) is 7.55. The van der Waals surface area contributed by atoms with E-state index in [4.69, 9.17) is 9.15 Å². The molecule has 0 saturated heterocycles. The van der Waals surface area contributed by atoms with Crippen molar-refractivity contribution in [2.24, 2.45) is 10.1 Å². The number of hydrogen-bond acceptors (Lipinski definition) is 5. The molecule has 0 spiro atoms. The molecule has 2 aromatic heterocycles. The second-order valence-corrected chi connectivity index (χ2v) is 5.27. The highest BCUT2D eigenvalue weighted by atomic mass is 32.1. The van der Waals surface area contributed by atoms with E-state index in [-0.39, 0.29) is 0 Å². The van der Waals surface area contributed by atoms with E-state index < -0.39 is 0 Å². The van der Waals surface area contributed by atoms with Crippen LogP contribution >= 0.6 is 11.3 Å². The number of methoxy groups -OCH3 is 1. The molecule has 3 aromatic rings. The van der Waals surface area contributed by atoms with Crippen LogP contribution in [0.3, 0.4) is 0 Å². The number of thiazole rings is 1. The third kappa shape index (κ3) is 2.87. The summed E-state index contributed by atoms with van der Waals surface area (Å²) in [4.78, 5) is 5.05. The predicted molar refractivity (Wildman–Crippen MR) is 87.5 cm³/mol. The fourth-order valence-electron chi connectivity index (χ4n) is 2.00. The average Bonchev–Trinajstić information content (AvgIpc) is 3.21. The van der Waals surface area contributed by atoms with Crippen molar-refractivity contribution in [1.29, 1.82) is 0 Å². The molecule has 0 bridgehead atoms. The summed E-state index contributed by atoms with van der Waals surface area (Å²) in [7, 11) is 3.39. The first-order chi connectivity index (χ1) is 10.8. The quantitative estimate of drug-likeness (QED) is 0.694. The van der Waals surface area contributed by atoms with Gasteiger partial charge in [0, 0.05) is 12.4 Å². The summed E-state index contributed by atoms with van der Waals surface area (Å²) in [6.07, 6.45) is 3.42. The number of hydrogen-bond donors (Lipinski definition) is 0. The van der Waals surface area contributed by atoms with Gasteiger partial charge in [-0.1, -0.05) is 12.1 Å². The highest BCUT2D eigenvalue weighted by Crippen LogP contribution is 2.20. The van der Waals surface area contributed by atoms with Crippen molar-refractivity contribution in [3.63, 3.8) is 0 Å². The molecular formula is C16H15N3O2S. The summed E-state index contributed by atoms with van der Waals surface area (Å²) in [5.74, 6) is 1.56. The average molecular weight is 313 g/mol. The monoisotopic (exact) mass is 313 g/mol. The van der Waals surface area contributed by atoms with Gasteiger partial charge in [0.15, 0.2) is 5.76 Å². The molecule has 0 unspecified atom stereocenters. The molecule has 112 valence electrons. The molecule has 0 aliphatic carbocycles. The van der Waals surface area contributed by atoms with Gasteiger partial charge in [0.05, 0.1) is 19.6 Å². The number of furan rings is 1. The van der Waals surface area contributed by atoms with Crippen LogP contribution in [0.4, 0.5) is 0 Å². The van der Waals surface area contributed by atoms with Crippen LogP contribution < -0.4 is 9.54 Å². The van der Waals surface area contributed by atoms with E-state index >= 15 is 0 Å². The molecule has 22 heavy (non-hydrogen) atoms. The van der Waals surface area contributed by atoms with Crippen molar-refractivity contribution in [2.75, 3.05) is 14.2 Å². The number of rotatable bonds is 4. The van der Waals surface area contributed by atoms with Crippen LogP contribution in [-0.2, 0) is 0 Å². The summed E-state index contributed by atoms with van der Waals surface area (Å²) in [6.45, 7) is 0. The van der Waals surface area contributed by atoms with Gasteiger partial charge in [0.1, 0.15) is 11.4 Å². The molecule has 0 amide bonds. The van der Waals surface area contributed by atoms with Gasteiger partial charge in [0.25, 0.3) is 0 Å². The van der Waals surface area contributed by atoms with E-state index in [0.29, 0.717) is 0 Å². The Morgan fingerprint density at radius 3 is 2.91 bits per heavy atom. The lowest BCUT2D eigenvalue weighted by atomic mass is 10.2. The molecule has 0 saturated carbocycles. The van der Waals surface area contributed by atoms with Crippen LogP contribution in [0.2, 0.25) is 0 Å². The number of ether oxygens (including phenoxy) is 1. The van der Waals surface area contributed by atoms with E-state index in [1.54, 1.807) is 31.3 Å². The van der Waals surface area contributed by atoms with Gasteiger partial charge in [-0.25, -0.2) is 4.68 Å². The maximum absolute atomic E-state index is 5.46. The molecule has 5 nitrogen and oxygen atoms in total. The molecule has 0 aliphatic rings. The Morgan fingerprint density at radius 1 is 1.27 bits per heavy atom. The van der Waals surface area contributed by atoms with Gasteiger partial charge in [-0.2, -0.15) is 5.10 Å². The van der Waals surface area contributed by atoms with Crippen molar-refractivity contribution >= 4 is 17.6 Å². The van der Waals surface area contributed by atoms with Gasteiger partial charge >= 0.3 is 0 Å². The zero-order valence-corrected chi connectivity index (χ0v) is 13.1. The molecular weight excluding hydrogens is 298 g/mol. The van der Waals surface area contributed by atoms with E-state index in [9.17, 15) is 0 Å². The summed E-state index contributed by atoms with van der Waals surface area (Å²) in [5, 5.41) is 6.51. The minimum Gasteiger partial charge on any atom is -0.497 e. The lowest BCUT2D eigenvalue weighted by Gasteiger charge is -2.01. The Labute approximate surface area is 131 Å². The Bertz CT molecular complexity index is 844. The van der Waals surface area contributed by atoms with Crippen LogP contribution in [0.25, 0.3) is 11.5 Å². The van der Waals surface area contributed by atoms with Crippen LogP contribution in [0.15, 0.2) is 62.6 Å². The largest absolute Gasteiger partial charge is 0.497 e. The molecule has 0 fully saturated rings. The minimum absolute atomic E-state index is 0.758. The Balaban J connectivity index is 2.01. The molecule has 3 rings (SSSR count). The van der Waals surface area contributed by atoms with Gasteiger partial charge < -0.3 is 9.15 Å². The SMILES string of the molecule is CN=c1scc(-c2ccco2)n1N=Cc1cccc(OC)c1. The number of aromatic nitrogens is 1. The summed E-state index contributed by atoms with van der Waals surface area (Å²) >= 11 is 1.52. The third-order valence-corrected chi connectivity index (χ3v) is 3.97. The Kier molecular flexibility index (Phi) is 4.20. The van der Waals surface area contributed by atoms with Gasteiger partial charge in [-0.3, -0.25) is 4.99 Å².